The molecule has 0 radical (unpaired) electrons. The highest BCUT2D eigenvalue weighted by atomic mass is 16.8. The lowest BCUT2D eigenvalue weighted by molar-refractivity contribution is -0.399. The maximum absolute atomic E-state index is 12.8. The number of ether oxygens (including phenoxy) is 6. The van der Waals surface area contributed by atoms with E-state index in [1.807, 2.05) is 0 Å². The van der Waals surface area contributed by atoms with E-state index in [0.29, 0.717) is 6.42 Å². The Morgan fingerprint density at radius 1 is 0.660 bits per heavy atom. The Kier molecular flexibility index (Phi) is 16.1. The van der Waals surface area contributed by atoms with E-state index in [-0.39, 0.29) is 6.42 Å². The van der Waals surface area contributed by atoms with Crippen molar-refractivity contribution in [3.05, 3.63) is 0 Å². The first-order chi connectivity index (χ1) is 22.4. The fraction of sp³-hybridized carbons (Fsp3) is 0.967. The smallest absolute Gasteiger partial charge is 0.306 e. The largest absolute Gasteiger partial charge is 0.454 e. The zero-order valence-electron chi connectivity index (χ0n) is 26.8. The van der Waals surface area contributed by atoms with Crippen molar-refractivity contribution in [1.82, 2.24) is 0 Å². The summed E-state index contributed by atoms with van der Waals surface area (Å²) in [6, 6.07) is 0. The number of carbonyl (C=O) groups excluding carboxylic acids is 1. The summed E-state index contributed by atoms with van der Waals surface area (Å²) in [5.41, 5.74) is 0. The van der Waals surface area contributed by atoms with Gasteiger partial charge in [-0.2, -0.15) is 0 Å². The van der Waals surface area contributed by atoms with Crippen LogP contribution in [0.2, 0.25) is 0 Å². The van der Waals surface area contributed by atoms with E-state index in [1.165, 1.54) is 19.3 Å². The van der Waals surface area contributed by atoms with Crippen LogP contribution in [0.5, 0.6) is 0 Å². The normalized spacial score (nSPS) is 40.6. The Hall–Kier alpha value is -1.13. The molecule has 17 nitrogen and oxygen atoms in total. The van der Waals surface area contributed by atoms with Crippen LogP contribution >= 0.6 is 0 Å². The van der Waals surface area contributed by atoms with Crippen molar-refractivity contribution in [2.45, 2.75) is 150 Å². The van der Waals surface area contributed by atoms with Crippen LogP contribution in [-0.2, 0) is 33.2 Å². The van der Waals surface area contributed by atoms with Crippen LogP contribution in [0.3, 0.4) is 0 Å². The number of aliphatic hydroxyl groups excluding tert-OH is 10. The van der Waals surface area contributed by atoms with Crippen molar-refractivity contribution in [3.8, 4) is 0 Å². The Morgan fingerprint density at radius 2 is 1.17 bits per heavy atom. The van der Waals surface area contributed by atoms with E-state index in [9.17, 15) is 55.9 Å². The van der Waals surface area contributed by atoms with Gasteiger partial charge in [-0.1, -0.05) is 58.3 Å². The molecule has 3 saturated heterocycles. The van der Waals surface area contributed by atoms with Crippen LogP contribution in [-0.4, -0.2) is 169 Å². The Morgan fingerprint density at radius 3 is 1.68 bits per heavy atom. The summed E-state index contributed by atoms with van der Waals surface area (Å²) in [7, 11) is 0. The van der Waals surface area contributed by atoms with Gasteiger partial charge in [0.05, 0.1) is 19.8 Å². The van der Waals surface area contributed by atoms with Crippen LogP contribution in [0.25, 0.3) is 0 Å². The van der Waals surface area contributed by atoms with Gasteiger partial charge < -0.3 is 79.5 Å². The van der Waals surface area contributed by atoms with Crippen LogP contribution in [0, 0.1) is 0 Å². The number of carbonyl (C=O) groups is 1. The number of unbranched alkanes of at least 4 members (excludes halogenated alkanes) is 8. The summed E-state index contributed by atoms with van der Waals surface area (Å²) in [6.07, 6.45) is -10.0. The summed E-state index contributed by atoms with van der Waals surface area (Å²) in [6.45, 7) is -2.34. The molecule has 276 valence electrons. The molecule has 0 aliphatic carbocycles. The second-order valence-electron chi connectivity index (χ2n) is 12.5. The van der Waals surface area contributed by atoms with Crippen LogP contribution in [0.1, 0.15) is 71.1 Å². The minimum atomic E-state index is -2.55. The van der Waals surface area contributed by atoms with Crippen molar-refractivity contribution in [2.75, 3.05) is 33.0 Å². The summed E-state index contributed by atoms with van der Waals surface area (Å²) in [4.78, 5) is 12.8. The molecule has 3 aliphatic heterocycles. The third-order valence-corrected chi connectivity index (χ3v) is 9.00. The molecule has 0 saturated carbocycles. The number of aliphatic hydroxyl groups is 10. The van der Waals surface area contributed by atoms with Crippen LogP contribution in [0.4, 0.5) is 0 Å². The van der Waals surface area contributed by atoms with Crippen molar-refractivity contribution >= 4 is 5.97 Å². The lowest BCUT2D eigenvalue weighted by Crippen LogP contribution is -2.64. The van der Waals surface area contributed by atoms with Crippen LogP contribution < -0.4 is 0 Å². The van der Waals surface area contributed by atoms with Crippen molar-refractivity contribution in [3.63, 3.8) is 0 Å². The molecule has 13 atom stereocenters. The number of esters is 1. The average molecular weight is 687 g/mol. The molecule has 0 spiro atoms. The molecular formula is C30H54O17. The molecule has 3 rings (SSSR count). The third kappa shape index (κ3) is 9.56. The van der Waals surface area contributed by atoms with Gasteiger partial charge >= 0.3 is 5.97 Å². The second kappa shape index (κ2) is 18.7. The molecule has 3 aliphatic rings. The van der Waals surface area contributed by atoms with Gasteiger partial charge in [0.2, 0.25) is 17.9 Å². The summed E-state index contributed by atoms with van der Waals surface area (Å²) in [5, 5.41) is 103. The van der Waals surface area contributed by atoms with Gasteiger partial charge in [0.15, 0.2) is 6.10 Å². The van der Waals surface area contributed by atoms with Gasteiger partial charge in [0, 0.05) is 6.42 Å². The monoisotopic (exact) mass is 686 g/mol. The van der Waals surface area contributed by atoms with E-state index in [0.717, 1.165) is 32.1 Å². The molecule has 17 heteroatoms. The van der Waals surface area contributed by atoms with Crippen molar-refractivity contribution < 1.29 is 84.3 Å². The number of hydrogen-bond donors (Lipinski definition) is 10. The van der Waals surface area contributed by atoms with Crippen LogP contribution in [0.15, 0.2) is 0 Å². The van der Waals surface area contributed by atoms with Crippen molar-refractivity contribution in [2.24, 2.45) is 0 Å². The summed E-state index contributed by atoms with van der Waals surface area (Å²) < 4.78 is 33.6. The van der Waals surface area contributed by atoms with Gasteiger partial charge in [-0.15, -0.1) is 0 Å². The predicted octanol–water partition coefficient (Wildman–Crippen LogP) is -3.10. The predicted molar refractivity (Wildman–Crippen MR) is 157 cm³/mol. The zero-order valence-corrected chi connectivity index (χ0v) is 26.8. The molecule has 3 fully saturated rings. The van der Waals surface area contributed by atoms with Gasteiger partial charge in [0.25, 0.3) is 0 Å². The molecular weight excluding hydrogens is 632 g/mol. The van der Waals surface area contributed by atoms with E-state index < -0.39 is 118 Å². The summed E-state index contributed by atoms with van der Waals surface area (Å²) in [5.74, 6) is -5.69. The van der Waals surface area contributed by atoms with E-state index >= 15 is 0 Å². The highest BCUT2D eigenvalue weighted by Gasteiger charge is 2.62. The lowest BCUT2D eigenvalue weighted by atomic mass is 9.98. The molecule has 0 unspecified atom stereocenters. The van der Waals surface area contributed by atoms with Gasteiger partial charge in [-0.25, -0.2) is 0 Å². The molecule has 0 bridgehead atoms. The minimum Gasteiger partial charge on any atom is -0.454 e. The van der Waals surface area contributed by atoms with Crippen molar-refractivity contribution in [1.29, 1.82) is 0 Å². The first-order valence-electron chi connectivity index (χ1n) is 16.5. The molecule has 10 N–H and O–H groups in total. The van der Waals surface area contributed by atoms with Gasteiger partial charge in [0.1, 0.15) is 68.1 Å². The third-order valence-electron chi connectivity index (χ3n) is 9.00. The molecule has 47 heavy (non-hydrogen) atoms. The molecule has 0 aromatic heterocycles. The zero-order chi connectivity index (χ0) is 34.8. The topological polar surface area (TPSA) is 275 Å². The Balaban J connectivity index is 1.75. The standard InChI is InChI=1S/C30H54O17/c1-2-3-4-5-6-7-8-9-10-11-20(35)44-25-24(39)21(36)17(12-31)43-28(25)47-30(27(41)23(38)19(14-33)46-30)16-42-29(15-34)26(40)22(37)18(13-32)45-29/h17-19,21-28,31-34,36-41H,2-16H2,1H3/t17-,18-,19-,21-,22-,23-,24+,25-,26+,27+,28-,29-,30+/m1/s1. The molecule has 0 amide bonds. The SMILES string of the molecule is CCCCCCCCCCCC(=O)O[C@H]1[C@@H](O[C@]2(CO[C@]3(CO)O[C@H](CO)[C@@H](O)[C@@H]3O)O[C@H](CO)[C@@H](O)[C@@H]2O)O[C@H](CO)[C@@H](O)[C@@H]1O. The molecule has 0 aromatic rings. The average Bonchev–Trinajstić information content (AvgIpc) is 3.46. The number of hydrogen-bond acceptors (Lipinski definition) is 17. The van der Waals surface area contributed by atoms with Gasteiger partial charge in [-0.05, 0) is 6.42 Å². The van der Waals surface area contributed by atoms with E-state index in [1.54, 1.807) is 0 Å². The fourth-order valence-electron chi connectivity index (χ4n) is 6.04. The summed E-state index contributed by atoms with van der Waals surface area (Å²) >= 11 is 0. The Bertz CT molecular complexity index is 929. The van der Waals surface area contributed by atoms with Gasteiger partial charge in [-0.3, -0.25) is 4.79 Å². The lowest BCUT2D eigenvalue weighted by Gasteiger charge is -2.45. The quantitative estimate of drug-likeness (QED) is 0.0449. The first kappa shape index (κ1) is 40.3. The maximum atomic E-state index is 12.8. The highest BCUT2D eigenvalue weighted by Crippen LogP contribution is 2.40. The Labute approximate surface area is 273 Å². The fourth-order valence-corrected chi connectivity index (χ4v) is 6.04. The second-order valence-corrected chi connectivity index (χ2v) is 12.5. The van der Waals surface area contributed by atoms with E-state index in [4.69, 9.17) is 28.4 Å². The minimum absolute atomic E-state index is 0.0351. The molecule has 3 heterocycles. The number of rotatable bonds is 20. The molecule has 0 aromatic carbocycles. The van der Waals surface area contributed by atoms with E-state index in [2.05, 4.69) is 6.92 Å². The first-order valence-corrected chi connectivity index (χ1v) is 16.5. The highest BCUT2D eigenvalue weighted by molar-refractivity contribution is 5.69. The maximum Gasteiger partial charge on any atom is 0.306 e.